The summed E-state index contributed by atoms with van der Waals surface area (Å²) in [6.07, 6.45) is 4.33. The Balaban J connectivity index is 1.27. The Hall–Kier alpha value is -2.91. The summed E-state index contributed by atoms with van der Waals surface area (Å²) in [6, 6.07) is 15.4. The van der Waals surface area contributed by atoms with Gasteiger partial charge in [0.25, 0.3) is 5.91 Å². The number of para-hydroxylation sites is 2. The van der Waals surface area contributed by atoms with Crippen LogP contribution in [0.25, 0.3) is 15.2 Å². The third-order valence-electron chi connectivity index (χ3n) is 5.38. The van der Waals surface area contributed by atoms with Gasteiger partial charge in [0.2, 0.25) is 10.9 Å². The Morgan fingerprint density at radius 2 is 1.84 bits per heavy atom. The van der Waals surface area contributed by atoms with Gasteiger partial charge in [0.1, 0.15) is 0 Å². The van der Waals surface area contributed by atoms with Crippen molar-refractivity contribution < 1.29 is 9.59 Å². The van der Waals surface area contributed by atoms with Crippen LogP contribution in [0.15, 0.2) is 53.7 Å². The van der Waals surface area contributed by atoms with Gasteiger partial charge in [-0.1, -0.05) is 60.2 Å². The minimum Gasteiger partial charge on any atom is -0.349 e. The standard InChI is InChI=1S/C22H21N5O2S2/c28-19(13-30-21-25-26-22-27(21)17-11-5-6-12-18(17)31-22)24-16-10-4-3-9-15(16)20(29)23-14-7-1-2-8-14/h3-6,9-12,14H,1-2,7-8,13H2,(H,23,29)(H,24,28). The number of nitrogens with one attached hydrogen (secondary N) is 2. The van der Waals surface area contributed by atoms with E-state index in [-0.39, 0.29) is 23.6 Å². The number of rotatable bonds is 6. The maximum absolute atomic E-state index is 12.7. The fraction of sp³-hybridized carbons (Fsp3) is 0.273. The van der Waals surface area contributed by atoms with Crippen molar-refractivity contribution in [3.05, 3.63) is 54.1 Å². The Morgan fingerprint density at radius 1 is 1.06 bits per heavy atom. The maximum atomic E-state index is 12.7. The first kappa shape index (κ1) is 20.0. The topological polar surface area (TPSA) is 88.4 Å². The van der Waals surface area contributed by atoms with Crippen molar-refractivity contribution in [3.63, 3.8) is 0 Å². The second-order valence-corrected chi connectivity index (χ2v) is 9.46. The molecule has 0 unspecified atom stereocenters. The van der Waals surface area contributed by atoms with E-state index in [2.05, 4.69) is 20.8 Å². The molecule has 7 nitrogen and oxygen atoms in total. The molecule has 158 valence electrons. The number of nitrogens with zero attached hydrogens (tertiary/aromatic N) is 3. The number of amides is 2. The number of thioether (sulfide) groups is 1. The molecule has 2 aromatic heterocycles. The summed E-state index contributed by atoms with van der Waals surface area (Å²) < 4.78 is 3.10. The molecule has 1 fully saturated rings. The zero-order valence-electron chi connectivity index (χ0n) is 16.7. The lowest BCUT2D eigenvalue weighted by Crippen LogP contribution is -2.33. The number of carbonyl (C=O) groups is 2. The number of benzene rings is 2. The summed E-state index contributed by atoms with van der Waals surface area (Å²) in [4.78, 5) is 26.2. The van der Waals surface area contributed by atoms with E-state index in [1.807, 2.05) is 40.8 Å². The van der Waals surface area contributed by atoms with Crippen LogP contribution in [0.3, 0.4) is 0 Å². The summed E-state index contributed by atoms with van der Waals surface area (Å²) in [5, 5.41) is 15.1. The third kappa shape index (κ3) is 4.15. The number of hydrogen-bond donors (Lipinski definition) is 2. The van der Waals surface area contributed by atoms with E-state index >= 15 is 0 Å². The van der Waals surface area contributed by atoms with Gasteiger partial charge in [0, 0.05) is 6.04 Å². The molecule has 2 amide bonds. The normalized spacial score (nSPS) is 14.3. The van der Waals surface area contributed by atoms with Crippen LogP contribution in [0.4, 0.5) is 5.69 Å². The van der Waals surface area contributed by atoms with Crippen molar-refractivity contribution >= 4 is 55.8 Å². The van der Waals surface area contributed by atoms with Gasteiger partial charge in [-0.3, -0.25) is 14.0 Å². The molecule has 31 heavy (non-hydrogen) atoms. The molecule has 2 heterocycles. The van der Waals surface area contributed by atoms with Crippen LogP contribution in [0, 0.1) is 0 Å². The van der Waals surface area contributed by atoms with Crippen LogP contribution >= 0.6 is 23.1 Å². The van der Waals surface area contributed by atoms with Crippen molar-refractivity contribution in [1.29, 1.82) is 0 Å². The summed E-state index contributed by atoms with van der Waals surface area (Å²) in [7, 11) is 0. The molecule has 9 heteroatoms. The van der Waals surface area contributed by atoms with Crippen molar-refractivity contribution in [3.8, 4) is 0 Å². The predicted octanol–water partition coefficient (Wildman–Crippen LogP) is 4.35. The fourth-order valence-electron chi connectivity index (χ4n) is 3.89. The highest BCUT2D eigenvalue weighted by molar-refractivity contribution is 7.99. The molecule has 0 saturated heterocycles. The van der Waals surface area contributed by atoms with Gasteiger partial charge in [0.05, 0.1) is 27.2 Å². The zero-order chi connectivity index (χ0) is 21.2. The molecule has 4 aromatic rings. The largest absolute Gasteiger partial charge is 0.349 e. The van der Waals surface area contributed by atoms with Gasteiger partial charge in [0.15, 0.2) is 5.16 Å². The van der Waals surface area contributed by atoms with Gasteiger partial charge in [-0.05, 0) is 37.1 Å². The Bertz CT molecular complexity index is 1260. The Kier molecular flexibility index (Phi) is 5.61. The highest BCUT2D eigenvalue weighted by Crippen LogP contribution is 2.29. The average Bonchev–Trinajstić information content (AvgIpc) is 3.50. The molecule has 1 aliphatic carbocycles. The van der Waals surface area contributed by atoms with Crippen molar-refractivity contribution in [2.24, 2.45) is 0 Å². The van der Waals surface area contributed by atoms with Crippen LogP contribution in [0.2, 0.25) is 0 Å². The molecule has 0 atom stereocenters. The van der Waals surface area contributed by atoms with Crippen LogP contribution < -0.4 is 10.6 Å². The molecular formula is C22H21N5O2S2. The van der Waals surface area contributed by atoms with Crippen LogP contribution in [-0.4, -0.2) is 38.2 Å². The number of aromatic nitrogens is 3. The van der Waals surface area contributed by atoms with Gasteiger partial charge in [-0.15, -0.1) is 10.2 Å². The Labute approximate surface area is 187 Å². The van der Waals surface area contributed by atoms with Crippen LogP contribution in [0.5, 0.6) is 0 Å². The lowest BCUT2D eigenvalue weighted by Gasteiger charge is -2.15. The molecule has 2 aromatic carbocycles. The van der Waals surface area contributed by atoms with Crippen LogP contribution in [-0.2, 0) is 4.79 Å². The first-order chi connectivity index (χ1) is 15.2. The first-order valence-electron chi connectivity index (χ1n) is 10.2. The van der Waals surface area contributed by atoms with E-state index in [1.54, 1.807) is 23.5 Å². The SMILES string of the molecule is O=C(CSc1nnc2sc3ccccc3n12)Nc1ccccc1C(=O)NC1CCCC1. The molecule has 1 aliphatic rings. The Morgan fingerprint density at radius 3 is 2.71 bits per heavy atom. The van der Waals surface area contributed by atoms with Crippen molar-refractivity contribution in [2.45, 2.75) is 36.9 Å². The summed E-state index contributed by atoms with van der Waals surface area (Å²) in [5.74, 6) is -0.162. The first-order valence-corrected chi connectivity index (χ1v) is 12.0. The zero-order valence-corrected chi connectivity index (χ0v) is 18.3. The van der Waals surface area contributed by atoms with E-state index in [4.69, 9.17) is 0 Å². The molecule has 5 rings (SSSR count). The minimum atomic E-state index is -0.192. The van der Waals surface area contributed by atoms with Gasteiger partial charge in [-0.2, -0.15) is 0 Å². The molecule has 0 bridgehead atoms. The molecule has 2 N–H and O–H groups in total. The summed E-state index contributed by atoms with van der Waals surface area (Å²) >= 11 is 2.90. The van der Waals surface area contributed by atoms with E-state index < -0.39 is 0 Å². The molecule has 0 spiro atoms. The monoisotopic (exact) mass is 451 g/mol. The average molecular weight is 452 g/mol. The van der Waals surface area contributed by atoms with Crippen molar-refractivity contribution in [2.75, 3.05) is 11.1 Å². The molecule has 0 aliphatic heterocycles. The lowest BCUT2D eigenvalue weighted by atomic mass is 10.1. The van der Waals surface area contributed by atoms with E-state index in [9.17, 15) is 9.59 Å². The number of hydrogen-bond acceptors (Lipinski definition) is 6. The lowest BCUT2D eigenvalue weighted by molar-refractivity contribution is -0.113. The minimum absolute atomic E-state index is 0.139. The van der Waals surface area contributed by atoms with E-state index in [0.29, 0.717) is 16.4 Å². The second-order valence-electron chi connectivity index (χ2n) is 7.51. The number of carbonyl (C=O) groups excluding carboxylic acids is 2. The molecule has 1 saturated carbocycles. The molecule has 0 radical (unpaired) electrons. The van der Waals surface area contributed by atoms with Crippen LogP contribution in [0.1, 0.15) is 36.0 Å². The summed E-state index contributed by atoms with van der Waals surface area (Å²) in [5.41, 5.74) is 2.04. The number of thiazole rings is 1. The van der Waals surface area contributed by atoms with E-state index in [0.717, 1.165) is 40.9 Å². The summed E-state index contributed by atoms with van der Waals surface area (Å²) in [6.45, 7) is 0. The highest BCUT2D eigenvalue weighted by atomic mass is 32.2. The number of anilines is 1. The molecular weight excluding hydrogens is 430 g/mol. The maximum Gasteiger partial charge on any atom is 0.253 e. The predicted molar refractivity (Wildman–Crippen MR) is 124 cm³/mol. The van der Waals surface area contributed by atoms with Crippen molar-refractivity contribution in [1.82, 2.24) is 19.9 Å². The quantitative estimate of drug-likeness (QED) is 0.426. The van der Waals surface area contributed by atoms with Gasteiger partial charge < -0.3 is 10.6 Å². The second kappa shape index (κ2) is 8.68. The smallest absolute Gasteiger partial charge is 0.253 e. The van der Waals surface area contributed by atoms with Gasteiger partial charge >= 0.3 is 0 Å². The highest BCUT2D eigenvalue weighted by Gasteiger charge is 2.20. The fourth-order valence-corrected chi connectivity index (χ4v) is 5.66. The number of fused-ring (bicyclic) bond motifs is 3. The van der Waals surface area contributed by atoms with E-state index in [1.165, 1.54) is 11.8 Å². The third-order valence-corrected chi connectivity index (χ3v) is 7.32. The van der Waals surface area contributed by atoms with Gasteiger partial charge in [-0.25, -0.2) is 0 Å².